The van der Waals surface area contributed by atoms with Crippen molar-refractivity contribution in [1.82, 2.24) is 0 Å². The van der Waals surface area contributed by atoms with E-state index in [9.17, 15) is 83.1 Å². The van der Waals surface area contributed by atoms with Crippen molar-refractivity contribution in [3.63, 3.8) is 0 Å². The lowest BCUT2D eigenvalue weighted by molar-refractivity contribution is -0.458. The van der Waals surface area contributed by atoms with E-state index in [1.807, 2.05) is 6.92 Å². The van der Waals surface area contributed by atoms with Crippen molar-refractivity contribution in [2.45, 2.75) is 84.5 Å². The Balaban J connectivity index is 2.05. The molecule has 0 radical (unpaired) electrons. The molecule has 0 atom stereocenters. The van der Waals surface area contributed by atoms with Gasteiger partial charge >= 0.3 is 57.1 Å². The molecule has 1 aliphatic rings. The maximum atomic E-state index is 14.8. The third kappa shape index (κ3) is 6.26. The van der Waals surface area contributed by atoms with E-state index >= 15 is 0 Å². The minimum Gasteiger partial charge on any atom is -0.494 e. The molecule has 0 spiro atoms. The van der Waals surface area contributed by atoms with Crippen LogP contribution in [-0.2, 0) is 13.7 Å². The van der Waals surface area contributed by atoms with Crippen LogP contribution >= 0.6 is 10.3 Å². The quantitative estimate of drug-likeness (QED) is 0.141. The first-order valence-electron chi connectivity index (χ1n) is 13.5. The summed E-state index contributed by atoms with van der Waals surface area (Å²) in [6, 6.07) is 7.77. The highest BCUT2D eigenvalue weighted by molar-refractivity contribution is 8.33. The molecule has 1 fully saturated rings. The van der Waals surface area contributed by atoms with Crippen LogP contribution in [0, 0.1) is 0 Å². The third-order valence-corrected chi connectivity index (χ3v) is 13.1. The summed E-state index contributed by atoms with van der Waals surface area (Å²) < 4.78 is 268. The van der Waals surface area contributed by atoms with Crippen molar-refractivity contribution in [3.05, 3.63) is 36.4 Å². The highest BCUT2D eigenvalue weighted by Crippen LogP contribution is 2.67. The summed E-state index contributed by atoms with van der Waals surface area (Å²) in [5.41, 5.74) is 0. The normalized spacial score (nSPS) is 18.2. The van der Waals surface area contributed by atoms with Gasteiger partial charge in [0, 0.05) is 16.4 Å². The summed E-state index contributed by atoms with van der Waals surface area (Å²) in [6.07, 6.45) is -6.57. The fourth-order valence-electron chi connectivity index (χ4n) is 4.49. The van der Waals surface area contributed by atoms with Gasteiger partial charge in [-0.15, -0.1) is 0 Å². The standard InChI is InChI=1S/C26H23F17O4S2/c1-2-3-10-46-17-8-6-16-14-18(9-7-15(16)13-17)48(11-4-5-12-48)47-49(44,45)26(42,43)24(37,38)22(33,34)20(29,30)19(27,28)21(31,32)23(35,36)25(39,40)41/h6-9,13-14H,2-5,10-12H2,1H3. The van der Waals surface area contributed by atoms with Gasteiger partial charge in [0.15, 0.2) is 0 Å². The van der Waals surface area contributed by atoms with Crippen LogP contribution in [-0.4, -0.2) is 73.5 Å². The van der Waals surface area contributed by atoms with E-state index in [0.29, 0.717) is 24.2 Å². The molecular weight excluding hydrogens is 763 g/mol. The number of ether oxygens (including phenoxy) is 1. The maximum Gasteiger partial charge on any atom is 0.460 e. The Kier molecular flexibility index (Phi) is 10.6. The van der Waals surface area contributed by atoms with Gasteiger partial charge in [-0.2, -0.15) is 83.1 Å². The summed E-state index contributed by atoms with van der Waals surface area (Å²) in [4.78, 5) is -0.294. The Morgan fingerprint density at radius 1 is 0.633 bits per heavy atom. The van der Waals surface area contributed by atoms with E-state index in [4.69, 9.17) is 4.74 Å². The third-order valence-electron chi connectivity index (χ3n) is 7.40. The molecule has 23 heteroatoms. The highest BCUT2D eigenvalue weighted by atomic mass is 32.3. The Morgan fingerprint density at radius 3 is 1.57 bits per heavy atom. The van der Waals surface area contributed by atoms with Crippen molar-refractivity contribution in [3.8, 4) is 5.75 Å². The number of halogens is 17. The van der Waals surface area contributed by atoms with Gasteiger partial charge in [-0.3, -0.25) is 0 Å². The fraction of sp³-hybridized carbons (Fsp3) is 0.615. The Hall–Kier alpha value is -2.43. The first-order chi connectivity index (χ1) is 21.9. The number of rotatable bonds is 14. The van der Waals surface area contributed by atoms with Crippen molar-refractivity contribution in [2.24, 2.45) is 0 Å². The molecule has 1 saturated heterocycles. The van der Waals surface area contributed by atoms with E-state index in [1.165, 1.54) is 24.3 Å². The zero-order valence-corrected chi connectivity index (χ0v) is 25.9. The van der Waals surface area contributed by atoms with E-state index in [-0.39, 0.29) is 23.1 Å². The summed E-state index contributed by atoms with van der Waals surface area (Å²) in [5, 5.41) is -7.10. The van der Waals surface area contributed by atoms with E-state index in [1.54, 1.807) is 0 Å². The van der Waals surface area contributed by atoms with Gasteiger partial charge in [-0.25, -0.2) is 3.63 Å². The summed E-state index contributed by atoms with van der Waals surface area (Å²) >= 11 is 0. The molecule has 1 aliphatic heterocycles. The average Bonchev–Trinajstić information content (AvgIpc) is 3.44. The van der Waals surface area contributed by atoms with Crippen LogP contribution in [0.2, 0.25) is 0 Å². The maximum absolute atomic E-state index is 14.8. The van der Waals surface area contributed by atoms with Gasteiger partial charge in [0.2, 0.25) is 0 Å². The second kappa shape index (κ2) is 12.7. The Labute approximate surface area is 267 Å². The number of benzene rings is 2. The van der Waals surface area contributed by atoms with Gasteiger partial charge in [-0.05, 0) is 54.3 Å². The number of fused-ring (bicyclic) bond motifs is 1. The lowest BCUT2D eigenvalue weighted by Crippen LogP contribution is -2.75. The molecule has 0 N–H and O–H groups in total. The smallest absolute Gasteiger partial charge is 0.460 e. The second-order valence-corrected chi connectivity index (χ2v) is 15.7. The highest BCUT2D eigenvalue weighted by Gasteiger charge is 2.96. The van der Waals surface area contributed by atoms with Gasteiger partial charge in [-0.1, -0.05) is 35.8 Å². The molecule has 2 aromatic carbocycles. The van der Waals surface area contributed by atoms with Crippen LogP contribution in [0.25, 0.3) is 10.8 Å². The summed E-state index contributed by atoms with van der Waals surface area (Å²) in [6.45, 7) is 2.21. The first-order valence-corrected chi connectivity index (χ1v) is 16.8. The van der Waals surface area contributed by atoms with E-state index < -0.39 is 78.9 Å². The lowest BCUT2D eigenvalue weighted by Gasteiger charge is -2.43. The molecule has 0 unspecified atom stereocenters. The molecule has 0 aromatic heterocycles. The predicted octanol–water partition coefficient (Wildman–Crippen LogP) is 10.2. The molecule has 0 bridgehead atoms. The zero-order valence-electron chi connectivity index (χ0n) is 24.3. The van der Waals surface area contributed by atoms with Crippen molar-refractivity contribution in [1.29, 1.82) is 0 Å². The van der Waals surface area contributed by atoms with Crippen LogP contribution in [0.15, 0.2) is 41.3 Å². The fourth-order valence-corrected chi connectivity index (χ4v) is 10.2. The number of hydrogen-bond donors (Lipinski definition) is 0. The second-order valence-electron chi connectivity index (χ2n) is 10.8. The first kappa shape index (κ1) is 41.0. The molecule has 4 nitrogen and oxygen atoms in total. The minimum absolute atomic E-state index is 0.0714. The van der Waals surface area contributed by atoms with Crippen LogP contribution < -0.4 is 4.74 Å². The van der Waals surface area contributed by atoms with E-state index in [0.717, 1.165) is 18.6 Å². The topological polar surface area (TPSA) is 52.6 Å². The molecule has 3 rings (SSSR count). The largest absolute Gasteiger partial charge is 0.494 e. The number of alkyl halides is 17. The Morgan fingerprint density at radius 2 is 1.08 bits per heavy atom. The molecule has 0 aliphatic carbocycles. The SMILES string of the molecule is CCCCOc1ccc2cc(S3(OS(=O)(=O)C(F)(F)C(F)(F)C(F)(F)C(F)(F)C(F)(F)C(F)(F)C(F)(F)C(F)(F)F)CCCC3)ccc2c1. The average molecular weight is 787 g/mol. The summed E-state index contributed by atoms with van der Waals surface area (Å²) in [7, 11) is -11.5. The molecule has 0 saturated carbocycles. The van der Waals surface area contributed by atoms with Crippen LogP contribution in [0.5, 0.6) is 5.75 Å². The van der Waals surface area contributed by atoms with Crippen molar-refractivity contribution in [2.75, 3.05) is 18.1 Å². The molecule has 0 amide bonds. The molecule has 282 valence electrons. The Bertz CT molecular complexity index is 1620. The minimum atomic E-state index is -8.91. The van der Waals surface area contributed by atoms with Crippen LogP contribution in [0.1, 0.15) is 32.6 Å². The van der Waals surface area contributed by atoms with Crippen molar-refractivity contribution >= 4 is 31.2 Å². The lowest BCUT2D eigenvalue weighted by atomic mass is 9.91. The monoisotopic (exact) mass is 786 g/mol. The van der Waals surface area contributed by atoms with Crippen LogP contribution in [0.4, 0.5) is 74.6 Å². The van der Waals surface area contributed by atoms with Crippen LogP contribution in [0.3, 0.4) is 0 Å². The van der Waals surface area contributed by atoms with Crippen molar-refractivity contribution < 1.29 is 91.4 Å². The molecule has 2 aromatic rings. The zero-order chi connectivity index (χ0) is 37.9. The predicted molar refractivity (Wildman–Crippen MR) is 140 cm³/mol. The van der Waals surface area contributed by atoms with Gasteiger partial charge < -0.3 is 4.74 Å². The molecular formula is C26H23F17O4S2. The molecule has 49 heavy (non-hydrogen) atoms. The van der Waals surface area contributed by atoms with Gasteiger partial charge in [0.1, 0.15) is 5.75 Å². The number of unbranched alkanes of at least 4 members (excludes halogenated alkanes) is 1. The van der Waals surface area contributed by atoms with E-state index in [2.05, 4.69) is 3.63 Å². The molecule has 1 heterocycles. The van der Waals surface area contributed by atoms with Gasteiger partial charge in [0.25, 0.3) is 0 Å². The van der Waals surface area contributed by atoms with Gasteiger partial charge in [0.05, 0.1) is 6.61 Å². The summed E-state index contributed by atoms with van der Waals surface area (Å²) in [5.74, 6) is -52.8. The number of hydrogen-bond acceptors (Lipinski definition) is 4.